The largest absolute Gasteiger partial charge is 0.391 e. The van der Waals surface area contributed by atoms with Crippen LogP contribution in [0.25, 0.3) is 21.7 Å². The zero-order valence-electron chi connectivity index (χ0n) is 46.2. The fourth-order valence-corrected chi connectivity index (χ4v) is 11.8. The van der Waals surface area contributed by atoms with E-state index in [1.54, 1.807) is 72.9 Å². The molecule has 6 aromatic rings. The number of hydrogen-bond acceptors (Lipinski definition) is 14. The fraction of sp³-hybridized carbons (Fsp3) is 0.339. The van der Waals surface area contributed by atoms with Gasteiger partial charge in [0.25, 0.3) is 11.8 Å². The monoisotopic (exact) mass is 1200 g/mol. The van der Waals surface area contributed by atoms with E-state index in [-0.39, 0.29) is 49.3 Å². The molecule has 444 valence electrons. The second-order valence-corrected chi connectivity index (χ2v) is 23.4. The summed E-state index contributed by atoms with van der Waals surface area (Å²) in [5.74, 6) is -8.73. The highest BCUT2D eigenvalue weighted by Crippen LogP contribution is 2.25. The molecule has 0 aliphatic carbocycles. The summed E-state index contributed by atoms with van der Waals surface area (Å²) < 4.78 is 0. The minimum Gasteiger partial charge on any atom is -0.391 e. The van der Waals surface area contributed by atoms with Gasteiger partial charge < -0.3 is 69.4 Å². The summed E-state index contributed by atoms with van der Waals surface area (Å²) in [5, 5.41) is 32.7. The van der Waals surface area contributed by atoms with Crippen molar-refractivity contribution in [3.05, 3.63) is 155 Å². The van der Waals surface area contributed by atoms with E-state index in [4.69, 9.17) is 28.8 Å². The third kappa shape index (κ3) is 17.5. The van der Waals surface area contributed by atoms with Gasteiger partial charge in [-0.05, 0) is 96.9 Å². The SMILES string of the molecule is C[C@@H](O)[C@@H]1NC(=O)[C@H](CCCCN)NC(=O)[C@@H](Cc2c[nH]c3ccccc23)NC(=O)[C@H](N(C)C(=O)c2ccccc2)NC(=O)[C@H](NC(=O)[C@@H](N)Cc2ccc(Cl)cc2)CSSC[C@@H](C(=O)N[C@@H](Cc2ccc3ccccc3c2)C(N)=O)NC1=O. The summed E-state index contributed by atoms with van der Waals surface area (Å²) in [4.78, 5) is 134. The van der Waals surface area contributed by atoms with E-state index >= 15 is 4.79 Å². The van der Waals surface area contributed by atoms with Crippen LogP contribution in [0.15, 0.2) is 128 Å². The molecule has 9 atom stereocenters. The number of aromatic amines is 1. The van der Waals surface area contributed by atoms with Gasteiger partial charge in [0.1, 0.15) is 36.3 Å². The van der Waals surface area contributed by atoms with E-state index < -0.39 is 108 Å². The van der Waals surface area contributed by atoms with Crippen molar-refractivity contribution in [1.29, 1.82) is 0 Å². The summed E-state index contributed by atoms with van der Waals surface area (Å²) in [6.07, 6.45) is -1.38. The first-order valence-electron chi connectivity index (χ1n) is 27.2. The molecule has 0 spiro atoms. The van der Waals surface area contributed by atoms with Crippen LogP contribution >= 0.6 is 33.2 Å². The number of benzene rings is 5. The number of halogens is 1. The lowest BCUT2D eigenvalue weighted by Gasteiger charge is -2.32. The molecule has 9 amide bonds. The number of nitrogens with zero attached hydrogens (tertiary/aromatic N) is 1. The molecule has 1 fully saturated rings. The molecular formula is C59H69ClN12O10S2. The minimum absolute atomic E-state index is 0.0178. The Balaban J connectivity index is 1.27. The Hall–Kier alpha value is -8.00. The van der Waals surface area contributed by atoms with Crippen LogP contribution < -0.4 is 54.4 Å². The lowest BCUT2D eigenvalue weighted by atomic mass is 10.0. The average molecular weight is 1210 g/mol. The first kappa shape index (κ1) is 63.6. The van der Waals surface area contributed by atoms with Crippen LogP contribution in [0.2, 0.25) is 5.02 Å². The van der Waals surface area contributed by atoms with Crippen LogP contribution in [-0.4, -0.2) is 148 Å². The number of likely N-dealkylation sites (N-methyl/N-ethyl adjacent to an activating group) is 1. The molecule has 5 aromatic carbocycles. The topological polar surface area (TPSA) is 355 Å². The van der Waals surface area contributed by atoms with Gasteiger partial charge in [-0.1, -0.05) is 124 Å². The molecule has 0 bridgehead atoms. The van der Waals surface area contributed by atoms with Crippen LogP contribution in [0.3, 0.4) is 0 Å². The highest BCUT2D eigenvalue weighted by Gasteiger charge is 2.38. The van der Waals surface area contributed by atoms with E-state index in [1.165, 1.54) is 26.1 Å². The Kier molecular flexibility index (Phi) is 23.1. The van der Waals surface area contributed by atoms with Gasteiger partial charge in [-0.2, -0.15) is 0 Å². The van der Waals surface area contributed by atoms with Crippen molar-refractivity contribution in [1.82, 2.24) is 47.1 Å². The Bertz CT molecular complexity index is 3320. The second kappa shape index (κ2) is 30.5. The molecule has 22 nitrogen and oxygen atoms in total. The first-order valence-corrected chi connectivity index (χ1v) is 30.1. The molecule has 2 heterocycles. The smallest absolute Gasteiger partial charge is 0.264 e. The number of nitrogens with two attached hydrogens (primary N) is 3. The molecule has 1 aliphatic rings. The maximum atomic E-state index is 15.0. The zero-order chi connectivity index (χ0) is 60.5. The number of nitrogens with one attached hydrogen (secondary N) is 8. The van der Waals surface area contributed by atoms with Gasteiger partial charge in [-0.25, -0.2) is 0 Å². The summed E-state index contributed by atoms with van der Waals surface area (Å²) in [6.45, 7) is 1.46. The van der Waals surface area contributed by atoms with Crippen LogP contribution in [0, 0.1) is 0 Å². The number of fused-ring (bicyclic) bond motifs is 2. The normalized spacial score (nSPS) is 20.6. The number of aromatic nitrogens is 1. The first-order chi connectivity index (χ1) is 40.3. The van der Waals surface area contributed by atoms with Crippen LogP contribution in [0.1, 0.15) is 53.2 Å². The molecular weight excluding hydrogens is 1140 g/mol. The van der Waals surface area contributed by atoms with Crippen molar-refractivity contribution < 1.29 is 48.3 Å². The molecule has 0 unspecified atom stereocenters. The van der Waals surface area contributed by atoms with E-state index in [9.17, 15) is 43.5 Å². The number of hydrogen-bond donors (Lipinski definition) is 12. The number of amides is 9. The predicted molar refractivity (Wildman–Crippen MR) is 324 cm³/mol. The average Bonchev–Trinajstić information content (AvgIpc) is 4.10. The van der Waals surface area contributed by atoms with Gasteiger partial charge in [-0.3, -0.25) is 43.2 Å². The summed E-state index contributed by atoms with van der Waals surface area (Å²) in [6, 6.07) is 24.5. The summed E-state index contributed by atoms with van der Waals surface area (Å²) in [7, 11) is 3.19. The molecule has 0 saturated carbocycles. The minimum atomic E-state index is -1.87. The molecule has 84 heavy (non-hydrogen) atoms. The number of aliphatic hydroxyl groups is 1. The number of carbonyl (C=O) groups is 9. The number of aliphatic hydroxyl groups excluding tert-OH is 1. The number of H-pyrrole nitrogens is 1. The standard InChI is InChI=1S/C59H69ClN12O10S2/c1-33(73)49-57(80)69-47(55(78)66-45(50(63)74)28-35-19-22-36-12-6-7-15-38(36)26-35)31-83-84-32-48(68-52(75)42(62)27-34-20-23-40(60)24-21-34)56(79)71-51(72(2)59(82)37-13-4-3-5-14-37)58(81)67-46(29-39-30-64-43-17-9-8-16-41(39)43)54(77)65-44(53(76)70-49)18-10-11-25-61/h3-9,12-17,19-24,26,30,33,42,44-49,51,64,73H,10-11,18,25,27-29,31-32,61-62H2,1-2H3,(H2,63,74)(H,65,77)(H,66,78)(H,67,81)(H,68,75)(H,69,80)(H,70,76)(H,71,79)/t33-,42+,44+,45+,46-,47+,48-,49+,51+/m1/s1. The van der Waals surface area contributed by atoms with Crippen molar-refractivity contribution in [2.45, 2.75) is 100 Å². The predicted octanol–water partition coefficient (Wildman–Crippen LogP) is 1.84. The van der Waals surface area contributed by atoms with Crippen molar-refractivity contribution in [3.8, 4) is 0 Å². The van der Waals surface area contributed by atoms with Gasteiger partial charge in [0.2, 0.25) is 41.4 Å². The van der Waals surface area contributed by atoms with Gasteiger partial charge in [0.15, 0.2) is 6.17 Å². The van der Waals surface area contributed by atoms with Crippen molar-refractivity contribution in [2.75, 3.05) is 25.1 Å². The molecule has 7 rings (SSSR count). The Morgan fingerprint density at radius 1 is 0.726 bits per heavy atom. The fourth-order valence-electron chi connectivity index (χ4n) is 9.35. The number of carbonyl (C=O) groups excluding carboxylic acids is 9. The third-order valence-corrected chi connectivity index (χ3v) is 16.7. The number of rotatable bonds is 18. The summed E-state index contributed by atoms with van der Waals surface area (Å²) >= 11 is 6.10. The van der Waals surface area contributed by atoms with E-state index in [2.05, 4.69) is 42.2 Å². The van der Waals surface area contributed by atoms with Gasteiger partial charge in [0.05, 0.1) is 12.1 Å². The van der Waals surface area contributed by atoms with Crippen molar-refractivity contribution in [3.63, 3.8) is 0 Å². The molecule has 1 saturated heterocycles. The van der Waals surface area contributed by atoms with Crippen molar-refractivity contribution in [2.24, 2.45) is 17.2 Å². The van der Waals surface area contributed by atoms with E-state index in [1.807, 2.05) is 42.5 Å². The Labute approximate surface area is 498 Å². The van der Waals surface area contributed by atoms with Gasteiger partial charge >= 0.3 is 0 Å². The van der Waals surface area contributed by atoms with Gasteiger partial charge in [0, 0.05) is 59.1 Å². The number of para-hydroxylation sites is 1. The Morgan fingerprint density at radius 3 is 2.10 bits per heavy atom. The summed E-state index contributed by atoms with van der Waals surface area (Å²) in [5.41, 5.74) is 20.9. The zero-order valence-corrected chi connectivity index (χ0v) is 48.6. The maximum absolute atomic E-state index is 15.0. The lowest BCUT2D eigenvalue weighted by molar-refractivity contribution is -0.137. The van der Waals surface area contributed by atoms with E-state index in [0.29, 0.717) is 45.5 Å². The maximum Gasteiger partial charge on any atom is 0.264 e. The molecule has 15 N–H and O–H groups in total. The second-order valence-electron chi connectivity index (χ2n) is 20.4. The lowest BCUT2D eigenvalue weighted by Crippen LogP contribution is -2.64. The molecule has 1 aliphatic heterocycles. The quantitative estimate of drug-likeness (QED) is 0.0432. The Morgan fingerprint density at radius 2 is 1.38 bits per heavy atom. The number of primary amides is 1. The highest BCUT2D eigenvalue weighted by molar-refractivity contribution is 8.76. The number of unbranched alkanes of at least 4 members (excludes halogenated alkanes) is 1. The van der Waals surface area contributed by atoms with Crippen LogP contribution in [-0.2, 0) is 57.6 Å². The van der Waals surface area contributed by atoms with Gasteiger partial charge in [-0.15, -0.1) is 0 Å². The van der Waals surface area contributed by atoms with Crippen LogP contribution in [0.4, 0.5) is 0 Å². The van der Waals surface area contributed by atoms with E-state index in [0.717, 1.165) is 37.3 Å². The molecule has 0 radical (unpaired) electrons. The van der Waals surface area contributed by atoms with Crippen molar-refractivity contribution >= 4 is 108 Å². The molecule has 25 heteroatoms. The van der Waals surface area contributed by atoms with Crippen LogP contribution in [0.5, 0.6) is 0 Å². The highest BCUT2D eigenvalue weighted by atomic mass is 35.5. The third-order valence-electron chi connectivity index (χ3n) is 14.1. The molecule has 1 aromatic heterocycles.